The molecule has 0 bridgehead atoms. The number of nitrogens with zero attached hydrogens (tertiary/aromatic N) is 3. The van der Waals surface area contributed by atoms with Crippen molar-refractivity contribution >= 4 is 22.9 Å². The second kappa shape index (κ2) is 6.14. The number of imidazole rings is 1. The minimum Gasteiger partial charge on any atom is -0.493 e. The lowest BCUT2D eigenvalue weighted by molar-refractivity contribution is 0.320. The number of hydrogen-bond acceptors (Lipinski definition) is 7. The van der Waals surface area contributed by atoms with Crippen LogP contribution in [0.15, 0.2) is 41.4 Å². The zero-order valence-corrected chi connectivity index (χ0v) is 14.7. The molecule has 3 aromatic rings. The Morgan fingerprint density at radius 1 is 1.00 bits per heavy atom. The van der Waals surface area contributed by atoms with Gasteiger partial charge < -0.3 is 19.9 Å². The summed E-state index contributed by atoms with van der Waals surface area (Å²) in [5.74, 6) is 2.54. The van der Waals surface area contributed by atoms with E-state index in [2.05, 4.69) is 15.3 Å². The number of aromatic nitrogens is 2. The lowest BCUT2D eigenvalue weighted by Crippen LogP contribution is -2.31. The molecule has 0 spiro atoms. The molecule has 2 heterocycles. The van der Waals surface area contributed by atoms with Gasteiger partial charge in [-0.15, -0.1) is 0 Å². The maximum absolute atomic E-state index is 6.01. The first-order chi connectivity index (χ1) is 12.7. The number of para-hydroxylation sites is 2. The van der Waals surface area contributed by atoms with Crippen molar-refractivity contribution in [2.75, 3.05) is 26.6 Å². The smallest absolute Gasteiger partial charge is 0.212 e. The van der Waals surface area contributed by atoms with Crippen molar-refractivity contribution in [1.82, 2.24) is 9.55 Å². The summed E-state index contributed by atoms with van der Waals surface area (Å²) in [5, 5.41) is 3.02. The average Bonchev–Trinajstić information content (AvgIpc) is 3.03. The van der Waals surface area contributed by atoms with Gasteiger partial charge in [0.15, 0.2) is 23.6 Å². The van der Waals surface area contributed by atoms with E-state index in [0.29, 0.717) is 23.2 Å². The molecule has 0 unspecified atom stereocenters. The molecule has 3 N–H and O–H groups in total. The van der Waals surface area contributed by atoms with Crippen LogP contribution in [0.2, 0.25) is 0 Å². The lowest BCUT2D eigenvalue weighted by atomic mass is 10.1. The van der Waals surface area contributed by atoms with Crippen molar-refractivity contribution in [3.05, 3.63) is 42.0 Å². The molecule has 0 saturated carbocycles. The number of fused-ring (bicyclic) bond motifs is 3. The third-order valence-corrected chi connectivity index (χ3v) is 4.35. The Morgan fingerprint density at radius 3 is 2.50 bits per heavy atom. The Kier molecular flexibility index (Phi) is 3.80. The minimum atomic E-state index is -0.451. The largest absolute Gasteiger partial charge is 0.493 e. The average molecular weight is 353 g/mol. The van der Waals surface area contributed by atoms with Gasteiger partial charge in [0, 0.05) is 5.56 Å². The van der Waals surface area contributed by atoms with Crippen molar-refractivity contribution < 1.29 is 14.2 Å². The summed E-state index contributed by atoms with van der Waals surface area (Å²) < 4.78 is 18.5. The van der Waals surface area contributed by atoms with Crippen molar-refractivity contribution in [2.24, 2.45) is 10.7 Å². The zero-order chi connectivity index (χ0) is 18.3. The Labute approximate surface area is 150 Å². The number of hydrogen-bond donors (Lipinski definition) is 2. The molecule has 0 aliphatic carbocycles. The van der Waals surface area contributed by atoms with Crippen molar-refractivity contribution in [3.8, 4) is 17.2 Å². The summed E-state index contributed by atoms with van der Waals surface area (Å²) in [6.07, 6.45) is -0.451. The summed E-state index contributed by atoms with van der Waals surface area (Å²) >= 11 is 0. The van der Waals surface area contributed by atoms with Gasteiger partial charge in [0.2, 0.25) is 11.7 Å². The Balaban J connectivity index is 1.98. The fourth-order valence-corrected chi connectivity index (χ4v) is 3.25. The van der Waals surface area contributed by atoms with Crippen LogP contribution in [0.1, 0.15) is 11.7 Å². The standard InChI is InChI=1S/C18H19N5O3/c1-24-13-9-8-10(14(25-2)15(13)26-3)16-21-17(19)22-18-20-11-6-4-5-7-12(11)23(16)18/h4-9,16H,1-3H3,(H3,19,20,21,22)/t16-/m0/s1. The van der Waals surface area contributed by atoms with Crippen LogP contribution in [0.5, 0.6) is 17.2 Å². The van der Waals surface area contributed by atoms with E-state index < -0.39 is 6.17 Å². The third kappa shape index (κ3) is 2.30. The topological polar surface area (TPSA) is 95.9 Å². The van der Waals surface area contributed by atoms with Crippen LogP contribution in [0.4, 0.5) is 5.95 Å². The number of aliphatic imine (C=N–C) groups is 1. The number of guanidine groups is 1. The van der Waals surface area contributed by atoms with E-state index in [1.807, 2.05) is 41.0 Å². The molecule has 8 heteroatoms. The fourth-order valence-electron chi connectivity index (χ4n) is 3.25. The molecule has 4 rings (SSSR count). The molecule has 1 aliphatic rings. The van der Waals surface area contributed by atoms with Gasteiger partial charge in [-0.05, 0) is 24.3 Å². The summed E-state index contributed by atoms with van der Waals surface area (Å²) in [5.41, 5.74) is 8.59. The third-order valence-electron chi connectivity index (χ3n) is 4.35. The van der Waals surface area contributed by atoms with Crippen molar-refractivity contribution in [1.29, 1.82) is 0 Å². The Bertz CT molecular complexity index is 1010. The van der Waals surface area contributed by atoms with Crippen LogP contribution >= 0.6 is 0 Å². The number of methoxy groups -OCH3 is 3. The number of rotatable bonds is 4. The molecule has 8 nitrogen and oxygen atoms in total. The second-order valence-electron chi connectivity index (χ2n) is 5.73. The molecule has 134 valence electrons. The van der Waals surface area contributed by atoms with E-state index in [1.165, 1.54) is 0 Å². The molecule has 1 aromatic heterocycles. The van der Waals surface area contributed by atoms with Crippen LogP contribution < -0.4 is 25.3 Å². The van der Waals surface area contributed by atoms with Gasteiger partial charge in [0.05, 0.1) is 32.4 Å². The van der Waals surface area contributed by atoms with E-state index >= 15 is 0 Å². The van der Waals surface area contributed by atoms with Crippen LogP contribution in [-0.2, 0) is 0 Å². The first-order valence-corrected chi connectivity index (χ1v) is 8.04. The molecule has 0 radical (unpaired) electrons. The van der Waals surface area contributed by atoms with Crippen LogP contribution in [0, 0.1) is 0 Å². The lowest BCUT2D eigenvalue weighted by Gasteiger charge is -2.26. The zero-order valence-electron chi connectivity index (χ0n) is 14.7. The van der Waals surface area contributed by atoms with Gasteiger partial charge in [0.25, 0.3) is 0 Å². The number of nitrogens with one attached hydrogen (secondary N) is 1. The minimum absolute atomic E-state index is 0.287. The van der Waals surface area contributed by atoms with E-state index in [-0.39, 0.29) is 5.96 Å². The monoisotopic (exact) mass is 353 g/mol. The van der Waals surface area contributed by atoms with Gasteiger partial charge >= 0.3 is 0 Å². The SMILES string of the molecule is COc1ccc([C@H]2N=C(N)Nc3nc4ccccc4n32)c(OC)c1OC. The molecule has 2 aromatic carbocycles. The highest BCUT2D eigenvalue weighted by Crippen LogP contribution is 2.45. The molecule has 0 saturated heterocycles. The van der Waals surface area contributed by atoms with Crippen LogP contribution in [-0.4, -0.2) is 36.8 Å². The highest BCUT2D eigenvalue weighted by molar-refractivity contribution is 5.94. The van der Waals surface area contributed by atoms with E-state index in [1.54, 1.807) is 21.3 Å². The first-order valence-electron chi connectivity index (χ1n) is 8.04. The van der Waals surface area contributed by atoms with Gasteiger partial charge in [-0.1, -0.05) is 12.1 Å². The maximum Gasteiger partial charge on any atom is 0.212 e. The predicted molar refractivity (Wildman–Crippen MR) is 99.2 cm³/mol. The number of benzene rings is 2. The Hall–Kier alpha value is -3.42. The molecule has 1 atom stereocenters. The van der Waals surface area contributed by atoms with Crippen LogP contribution in [0.3, 0.4) is 0 Å². The van der Waals surface area contributed by atoms with E-state index in [4.69, 9.17) is 19.9 Å². The Morgan fingerprint density at radius 2 is 1.77 bits per heavy atom. The highest BCUT2D eigenvalue weighted by atomic mass is 16.5. The summed E-state index contributed by atoms with van der Waals surface area (Å²) in [6.45, 7) is 0. The van der Waals surface area contributed by atoms with E-state index in [0.717, 1.165) is 16.6 Å². The second-order valence-corrected chi connectivity index (χ2v) is 5.73. The summed E-state index contributed by atoms with van der Waals surface area (Å²) in [6, 6.07) is 11.6. The molecule has 0 amide bonds. The first kappa shape index (κ1) is 16.1. The number of nitrogens with two attached hydrogens (primary N) is 1. The summed E-state index contributed by atoms with van der Waals surface area (Å²) in [7, 11) is 4.74. The molecule has 1 aliphatic heterocycles. The van der Waals surface area contributed by atoms with Gasteiger partial charge in [-0.25, -0.2) is 9.98 Å². The van der Waals surface area contributed by atoms with Crippen molar-refractivity contribution in [2.45, 2.75) is 6.17 Å². The van der Waals surface area contributed by atoms with Gasteiger partial charge in [-0.3, -0.25) is 9.88 Å². The van der Waals surface area contributed by atoms with Crippen molar-refractivity contribution in [3.63, 3.8) is 0 Å². The number of ether oxygens (including phenoxy) is 3. The predicted octanol–water partition coefficient (Wildman–Crippen LogP) is 2.35. The molecular formula is C18H19N5O3. The summed E-state index contributed by atoms with van der Waals surface area (Å²) in [4.78, 5) is 9.19. The highest BCUT2D eigenvalue weighted by Gasteiger charge is 2.29. The number of anilines is 1. The van der Waals surface area contributed by atoms with Gasteiger partial charge in [0.1, 0.15) is 0 Å². The normalized spacial score (nSPS) is 15.8. The fraction of sp³-hybridized carbons (Fsp3) is 0.222. The molecule has 26 heavy (non-hydrogen) atoms. The maximum atomic E-state index is 6.01. The molecular weight excluding hydrogens is 334 g/mol. The van der Waals surface area contributed by atoms with Gasteiger partial charge in [-0.2, -0.15) is 0 Å². The van der Waals surface area contributed by atoms with E-state index in [9.17, 15) is 0 Å². The van der Waals surface area contributed by atoms with Crippen LogP contribution in [0.25, 0.3) is 11.0 Å². The quantitative estimate of drug-likeness (QED) is 0.747. The molecule has 0 fully saturated rings.